The molecule has 156 valence electrons. The lowest BCUT2D eigenvalue weighted by Gasteiger charge is -1.99. The van der Waals surface area contributed by atoms with E-state index in [9.17, 15) is 17.6 Å². The number of pyridine rings is 1. The van der Waals surface area contributed by atoms with E-state index in [1.165, 1.54) is 6.92 Å². The Hall–Kier alpha value is -4.01. The summed E-state index contributed by atoms with van der Waals surface area (Å²) in [6, 6.07) is 13.9. The van der Waals surface area contributed by atoms with Gasteiger partial charge in [-0.2, -0.15) is 0 Å². The Bertz CT molecular complexity index is 1070. The fourth-order valence-electron chi connectivity index (χ4n) is 2.05. The molecule has 0 saturated heterocycles. The number of hydrogen-bond donors (Lipinski definition) is 0. The SMILES string of the molecule is CC#Cc1c(F)c(F)cc(F)c1F.CC#Cc1ccccc1.CC#Cc1ccncc1. The van der Waals surface area contributed by atoms with Gasteiger partial charge in [0.15, 0.2) is 23.3 Å². The summed E-state index contributed by atoms with van der Waals surface area (Å²) in [5, 5.41) is 0. The van der Waals surface area contributed by atoms with Gasteiger partial charge in [0.05, 0.1) is 0 Å². The summed E-state index contributed by atoms with van der Waals surface area (Å²) < 4.78 is 50.5. The van der Waals surface area contributed by atoms with Crippen molar-refractivity contribution < 1.29 is 17.6 Å². The van der Waals surface area contributed by atoms with Gasteiger partial charge in [0.2, 0.25) is 0 Å². The van der Waals surface area contributed by atoms with Gasteiger partial charge in [-0.1, -0.05) is 36.0 Å². The van der Waals surface area contributed by atoms with Crippen molar-refractivity contribution in [3.05, 3.63) is 101 Å². The van der Waals surface area contributed by atoms with Crippen LogP contribution in [-0.4, -0.2) is 4.98 Å². The second kappa shape index (κ2) is 14.0. The number of hydrogen-bond acceptors (Lipinski definition) is 1. The molecule has 1 nitrogen and oxygen atoms in total. The maximum atomic E-state index is 12.7. The molecule has 0 aliphatic carbocycles. The van der Waals surface area contributed by atoms with Gasteiger partial charge in [-0.25, -0.2) is 17.6 Å². The van der Waals surface area contributed by atoms with Gasteiger partial charge in [-0.05, 0) is 45.0 Å². The average Bonchev–Trinajstić information content (AvgIpc) is 2.78. The molecule has 0 unspecified atom stereocenters. The van der Waals surface area contributed by atoms with E-state index in [4.69, 9.17) is 0 Å². The zero-order valence-corrected chi connectivity index (χ0v) is 17.2. The average molecular weight is 421 g/mol. The molecule has 0 N–H and O–H groups in total. The molecule has 1 heterocycles. The van der Waals surface area contributed by atoms with Crippen molar-refractivity contribution in [3.8, 4) is 35.5 Å². The first-order chi connectivity index (χ1) is 14.9. The summed E-state index contributed by atoms with van der Waals surface area (Å²) in [5.41, 5.74) is 1.23. The molecule has 5 heteroatoms. The minimum absolute atomic E-state index is 0.144. The van der Waals surface area contributed by atoms with Gasteiger partial charge in [0, 0.05) is 29.6 Å². The predicted molar refractivity (Wildman–Crippen MR) is 115 cm³/mol. The van der Waals surface area contributed by atoms with Gasteiger partial charge in [-0.15, -0.1) is 17.8 Å². The summed E-state index contributed by atoms with van der Waals surface area (Å²) in [6.45, 7) is 4.97. The van der Waals surface area contributed by atoms with Gasteiger partial charge >= 0.3 is 0 Å². The van der Waals surface area contributed by atoms with E-state index in [0.29, 0.717) is 0 Å². The van der Waals surface area contributed by atoms with Crippen LogP contribution >= 0.6 is 0 Å². The number of nitrogens with zero attached hydrogens (tertiary/aromatic N) is 1. The Kier molecular flexibility index (Phi) is 11.3. The van der Waals surface area contributed by atoms with Crippen LogP contribution in [0.3, 0.4) is 0 Å². The Labute approximate surface area is 180 Å². The molecular weight excluding hydrogens is 402 g/mol. The van der Waals surface area contributed by atoms with E-state index in [1.807, 2.05) is 62.2 Å². The molecule has 0 bridgehead atoms. The lowest BCUT2D eigenvalue weighted by molar-refractivity contribution is 0.450. The van der Waals surface area contributed by atoms with E-state index in [1.54, 1.807) is 12.4 Å². The van der Waals surface area contributed by atoms with E-state index in [-0.39, 0.29) is 6.07 Å². The van der Waals surface area contributed by atoms with Crippen LogP contribution in [0.25, 0.3) is 0 Å². The second-order valence-corrected chi connectivity index (χ2v) is 5.57. The molecule has 2 aromatic carbocycles. The molecule has 0 fully saturated rings. The summed E-state index contributed by atoms with van der Waals surface area (Å²) in [6.07, 6.45) is 3.47. The van der Waals surface area contributed by atoms with E-state index < -0.39 is 28.8 Å². The quantitative estimate of drug-likeness (QED) is 0.242. The Balaban J connectivity index is 0.000000239. The normalized spacial score (nSPS) is 8.35. The Morgan fingerprint density at radius 3 is 1.52 bits per heavy atom. The monoisotopic (exact) mass is 421 g/mol. The van der Waals surface area contributed by atoms with Crippen LogP contribution in [-0.2, 0) is 0 Å². The number of rotatable bonds is 0. The van der Waals surface area contributed by atoms with Crippen LogP contribution in [0.2, 0.25) is 0 Å². The highest BCUT2D eigenvalue weighted by molar-refractivity contribution is 5.37. The highest BCUT2D eigenvalue weighted by Gasteiger charge is 2.16. The molecule has 0 radical (unpaired) electrons. The Morgan fingerprint density at radius 2 is 1.06 bits per heavy atom. The highest BCUT2D eigenvalue weighted by atomic mass is 19.2. The molecule has 0 aliphatic rings. The zero-order chi connectivity index (χ0) is 23.1. The molecule has 1 aromatic heterocycles. The third-order valence-corrected chi connectivity index (χ3v) is 3.35. The molecule has 0 aliphatic heterocycles. The fraction of sp³-hybridized carbons (Fsp3) is 0.115. The third-order valence-electron chi connectivity index (χ3n) is 3.35. The van der Waals surface area contributed by atoms with Crippen LogP contribution in [0.4, 0.5) is 17.6 Å². The van der Waals surface area contributed by atoms with Crippen LogP contribution < -0.4 is 0 Å². The van der Waals surface area contributed by atoms with Crippen molar-refractivity contribution in [2.45, 2.75) is 20.8 Å². The van der Waals surface area contributed by atoms with E-state index in [0.717, 1.165) is 11.1 Å². The van der Waals surface area contributed by atoms with Crippen LogP contribution in [0.1, 0.15) is 37.5 Å². The minimum Gasteiger partial charge on any atom is -0.265 e. The smallest absolute Gasteiger partial charge is 0.177 e. The Morgan fingerprint density at radius 1 is 0.613 bits per heavy atom. The first-order valence-electron chi connectivity index (χ1n) is 9.00. The highest BCUT2D eigenvalue weighted by Crippen LogP contribution is 2.17. The summed E-state index contributed by atoms with van der Waals surface area (Å²) in [4.78, 5) is 3.86. The fourth-order valence-corrected chi connectivity index (χ4v) is 2.05. The third kappa shape index (κ3) is 8.90. The number of aromatic nitrogens is 1. The lowest BCUT2D eigenvalue weighted by atomic mass is 10.2. The van der Waals surface area contributed by atoms with Gasteiger partial charge in [-0.3, -0.25) is 4.98 Å². The molecule has 0 saturated carbocycles. The summed E-state index contributed by atoms with van der Waals surface area (Å²) in [5.74, 6) is 9.79. The minimum atomic E-state index is -1.46. The van der Waals surface area contributed by atoms with Gasteiger partial charge in [0.25, 0.3) is 0 Å². The number of benzene rings is 2. The van der Waals surface area contributed by atoms with Crippen molar-refractivity contribution in [3.63, 3.8) is 0 Å². The zero-order valence-electron chi connectivity index (χ0n) is 17.2. The first kappa shape index (κ1) is 25.0. The van der Waals surface area contributed by atoms with E-state index in [2.05, 4.69) is 34.6 Å². The number of halogens is 4. The maximum absolute atomic E-state index is 12.7. The van der Waals surface area contributed by atoms with Crippen molar-refractivity contribution in [1.29, 1.82) is 0 Å². The summed E-state index contributed by atoms with van der Waals surface area (Å²) in [7, 11) is 0. The summed E-state index contributed by atoms with van der Waals surface area (Å²) >= 11 is 0. The maximum Gasteiger partial charge on any atom is 0.177 e. The van der Waals surface area contributed by atoms with Crippen LogP contribution in [0, 0.1) is 58.8 Å². The topological polar surface area (TPSA) is 12.9 Å². The van der Waals surface area contributed by atoms with Crippen LogP contribution in [0.5, 0.6) is 0 Å². The van der Waals surface area contributed by atoms with E-state index >= 15 is 0 Å². The molecule has 0 atom stereocenters. The molecule has 3 rings (SSSR count). The van der Waals surface area contributed by atoms with Gasteiger partial charge < -0.3 is 0 Å². The first-order valence-corrected chi connectivity index (χ1v) is 9.00. The van der Waals surface area contributed by atoms with Crippen LogP contribution in [0.15, 0.2) is 60.9 Å². The van der Waals surface area contributed by atoms with Crippen molar-refractivity contribution in [1.82, 2.24) is 4.98 Å². The van der Waals surface area contributed by atoms with Gasteiger partial charge in [0.1, 0.15) is 5.56 Å². The lowest BCUT2D eigenvalue weighted by Crippen LogP contribution is -1.98. The molecule has 31 heavy (non-hydrogen) atoms. The van der Waals surface area contributed by atoms with Crippen molar-refractivity contribution in [2.75, 3.05) is 0 Å². The van der Waals surface area contributed by atoms with Crippen molar-refractivity contribution in [2.24, 2.45) is 0 Å². The largest absolute Gasteiger partial charge is 0.265 e. The van der Waals surface area contributed by atoms with Crippen molar-refractivity contribution >= 4 is 0 Å². The molecule has 0 spiro atoms. The second-order valence-electron chi connectivity index (χ2n) is 5.57. The molecule has 0 amide bonds. The standard InChI is InChI=1S/C9H4F4.C9H8.C8H7N/c1-2-3-5-8(12)6(10)4-7(11)9(5)13;1-2-6-9-7-4-3-5-8-9;1-2-3-8-4-6-9-7-5-8/h4H,1H3;3-5,7-8H,1H3;4-7H,1H3. The predicted octanol–water partition coefficient (Wildman–Crippen LogP) is 6.13. The molecule has 3 aromatic rings. The molecular formula is C26H19F4N.